The van der Waals surface area contributed by atoms with Crippen molar-refractivity contribution in [3.05, 3.63) is 101 Å². The summed E-state index contributed by atoms with van der Waals surface area (Å²) in [5.74, 6) is -4.24. The average Bonchev–Trinajstić information content (AvgIpc) is 3.63. The molecule has 1 atom stereocenters. The molecule has 0 saturated heterocycles. The van der Waals surface area contributed by atoms with Crippen molar-refractivity contribution in [3.63, 3.8) is 0 Å². The monoisotopic (exact) mass is 742 g/mol. The van der Waals surface area contributed by atoms with Crippen molar-refractivity contribution in [2.24, 2.45) is 0 Å². The highest BCUT2D eigenvalue weighted by atomic mass is 35.5. The van der Waals surface area contributed by atoms with Crippen LogP contribution in [-0.4, -0.2) is 47.2 Å². The molecule has 1 unspecified atom stereocenters. The van der Waals surface area contributed by atoms with Gasteiger partial charge in [0, 0.05) is 62.3 Å². The number of pyridine rings is 2. The van der Waals surface area contributed by atoms with Crippen LogP contribution >= 0.6 is 11.6 Å². The van der Waals surface area contributed by atoms with E-state index in [1.165, 1.54) is 50.7 Å². The minimum absolute atomic E-state index is 0.0311. The van der Waals surface area contributed by atoms with E-state index in [4.69, 9.17) is 11.6 Å². The van der Waals surface area contributed by atoms with Crippen LogP contribution in [0.3, 0.4) is 0 Å². The second-order valence-corrected chi connectivity index (χ2v) is 15.3. The van der Waals surface area contributed by atoms with Crippen molar-refractivity contribution in [3.8, 4) is 0 Å². The lowest BCUT2D eigenvalue weighted by Gasteiger charge is -2.09. The molecule has 4 heterocycles. The summed E-state index contributed by atoms with van der Waals surface area (Å²) in [6, 6.07) is 10.1. The Kier molecular flexibility index (Phi) is 9.55. The van der Waals surface area contributed by atoms with Crippen LogP contribution in [0.15, 0.2) is 75.6 Å². The fraction of sp³-hybridized carbons (Fsp3) is 0.103. The number of aryl methyl sites for hydroxylation is 2. The fourth-order valence-corrected chi connectivity index (χ4v) is 7.50. The minimum atomic E-state index is -4.20. The Labute approximate surface area is 278 Å². The molecule has 6 rings (SSSR count). The predicted molar refractivity (Wildman–Crippen MR) is 173 cm³/mol. The molecule has 2 aromatic carbocycles. The van der Waals surface area contributed by atoms with E-state index < -0.39 is 65.8 Å². The summed E-state index contributed by atoms with van der Waals surface area (Å²) in [7, 11) is -9.55. The van der Waals surface area contributed by atoms with Gasteiger partial charge in [0.15, 0.2) is 11.6 Å². The third-order valence-electron chi connectivity index (χ3n) is 6.82. The molecule has 19 heteroatoms. The fourth-order valence-electron chi connectivity index (χ4n) is 4.39. The van der Waals surface area contributed by atoms with Crippen LogP contribution in [0, 0.1) is 37.2 Å². The Bertz CT molecular complexity index is 2470. The van der Waals surface area contributed by atoms with E-state index in [1.54, 1.807) is 12.1 Å². The number of fused-ring (bicyclic) bond motifs is 2. The summed E-state index contributed by atoms with van der Waals surface area (Å²) in [6.07, 6.45) is 3.94. The number of aromatic nitrogens is 4. The zero-order chi connectivity index (χ0) is 35.1. The first-order valence-electron chi connectivity index (χ1n) is 13.4. The van der Waals surface area contributed by atoms with Gasteiger partial charge in [0.25, 0.3) is 20.0 Å². The van der Waals surface area contributed by atoms with Crippen molar-refractivity contribution < 1.29 is 38.6 Å². The summed E-state index contributed by atoms with van der Waals surface area (Å²) in [4.78, 5) is 12.9. The molecule has 0 amide bonds. The third kappa shape index (κ3) is 7.15. The SMILES string of the molecule is Cc1cc(F)c(NS(=O)(=O)c2c[nH]c3cc(S(C)=O)ccc23)cc1F.Cc1cc(F)c(NS(=O)(=O)c2c[nH]c3nc(Cl)ccc23)nc1F. The predicted octanol–water partition coefficient (Wildman–Crippen LogP) is 6.29. The van der Waals surface area contributed by atoms with Gasteiger partial charge in [-0.3, -0.25) is 13.7 Å². The Hall–Kier alpha value is -4.52. The number of nitrogens with one attached hydrogen (secondary N) is 4. The van der Waals surface area contributed by atoms with Gasteiger partial charge < -0.3 is 9.97 Å². The Morgan fingerprint density at radius 1 is 0.750 bits per heavy atom. The number of benzene rings is 2. The number of sulfonamides is 2. The molecule has 0 bridgehead atoms. The number of hydrogen-bond donors (Lipinski definition) is 4. The van der Waals surface area contributed by atoms with Gasteiger partial charge in [0.1, 0.15) is 32.2 Å². The van der Waals surface area contributed by atoms with Gasteiger partial charge in [-0.2, -0.15) is 9.37 Å². The number of rotatable bonds is 7. The highest BCUT2D eigenvalue weighted by Crippen LogP contribution is 2.29. The van der Waals surface area contributed by atoms with Crippen molar-refractivity contribution in [2.45, 2.75) is 28.5 Å². The summed E-state index contributed by atoms with van der Waals surface area (Å²) >= 11 is 5.73. The first-order chi connectivity index (χ1) is 22.5. The topological polar surface area (TPSA) is 167 Å². The molecule has 4 aromatic heterocycles. The number of nitrogens with zero attached hydrogens (tertiary/aromatic N) is 2. The summed E-state index contributed by atoms with van der Waals surface area (Å²) in [5.41, 5.74) is 0.304. The van der Waals surface area contributed by atoms with Crippen LogP contribution in [0.1, 0.15) is 11.1 Å². The Morgan fingerprint density at radius 2 is 1.38 bits per heavy atom. The molecule has 6 aromatic rings. The largest absolute Gasteiger partial charge is 0.360 e. The van der Waals surface area contributed by atoms with Gasteiger partial charge in [0.2, 0.25) is 5.95 Å². The maximum atomic E-state index is 13.9. The van der Waals surface area contributed by atoms with E-state index in [0.717, 1.165) is 18.2 Å². The summed E-state index contributed by atoms with van der Waals surface area (Å²) < 4.78 is 120. The molecule has 0 aliphatic carbocycles. The lowest BCUT2D eigenvalue weighted by atomic mass is 10.2. The Balaban J connectivity index is 0.000000188. The van der Waals surface area contributed by atoms with Crippen LogP contribution in [-0.2, 0) is 30.8 Å². The van der Waals surface area contributed by atoms with E-state index in [-0.39, 0.29) is 37.1 Å². The zero-order valence-corrected chi connectivity index (χ0v) is 28.0. The number of anilines is 2. The normalized spacial score (nSPS) is 12.5. The lowest BCUT2D eigenvalue weighted by Crippen LogP contribution is -2.15. The first-order valence-corrected chi connectivity index (χ1v) is 18.3. The van der Waals surface area contributed by atoms with Crippen LogP contribution in [0.4, 0.5) is 29.1 Å². The molecule has 0 fully saturated rings. The molecule has 4 N–H and O–H groups in total. The second kappa shape index (κ2) is 13.2. The molecular weight excluding hydrogens is 720 g/mol. The number of H-pyrrole nitrogens is 2. The van der Waals surface area contributed by atoms with Crippen molar-refractivity contribution in [1.29, 1.82) is 0 Å². The van der Waals surface area contributed by atoms with Gasteiger partial charge in [-0.1, -0.05) is 17.7 Å². The van der Waals surface area contributed by atoms with E-state index in [9.17, 15) is 38.6 Å². The maximum Gasteiger partial charge on any atom is 0.265 e. The van der Waals surface area contributed by atoms with Gasteiger partial charge in [0.05, 0.1) is 5.69 Å². The van der Waals surface area contributed by atoms with Gasteiger partial charge >= 0.3 is 0 Å². The van der Waals surface area contributed by atoms with Gasteiger partial charge in [-0.05, 0) is 55.8 Å². The van der Waals surface area contributed by atoms with Crippen LogP contribution in [0.5, 0.6) is 0 Å². The first kappa shape index (κ1) is 34.8. The molecular formula is C29H23ClF4N6O5S3. The average molecular weight is 743 g/mol. The lowest BCUT2D eigenvalue weighted by molar-refractivity contribution is 0.555. The summed E-state index contributed by atoms with van der Waals surface area (Å²) in [5, 5.41) is 0.800. The molecule has 0 aliphatic heterocycles. The molecule has 0 spiro atoms. The van der Waals surface area contributed by atoms with Gasteiger partial charge in [-0.25, -0.2) is 35.0 Å². The van der Waals surface area contributed by atoms with Crippen molar-refractivity contribution in [2.75, 3.05) is 15.7 Å². The quantitative estimate of drug-likeness (QED) is 0.110. The van der Waals surface area contributed by atoms with Crippen molar-refractivity contribution in [1.82, 2.24) is 19.9 Å². The molecule has 252 valence electrons. The molecule has 11 nitrogen and oxygen atoms in total. The van der Waals surface area contributed by atoms with Crippen LogP contribution < -0.4 is 9.44 Å². The second-order valence-electron chi connectivity index (χ2n) is 10.2. The third-order valence-corrected chi connectivity index (χ3v) is 10.7. The molecule has 0 aliphatic rings. The summed E-state index contributed by atoms with van der Waals surface area (Å²) in [6.45, 7) is 2.70. The van der Waals surface area contributed by atoms with E-state index >= 15 is 0 Å². The van der Waals surface area contributed by atoms with E-state index in [0.29, 0.717) is 15.8 Å². The van der Waals surface area contributed by atoms with Gasteiger partial charge in [-0.15, -0.1) is 0 Å². The molecule has 0 saturated carbocycles. The van der Waals surface area contributed by atoms with E-state index in [2.05, 4.69) is 24.7 Å². The number of aromatic amines is 2. The number of hydrogen-bond acceptors (Lipinski definition) is 7. The number of halogens is 5. The molecule has 48 heavy (non-hydrogen) atoms. The van der Waals surface area contributed by atoms with Crippen LogP contribution in [0.25, 0.3) is 21.9 Å². The minimum Gasteiger partial charge on any atom is -0.360 e. The molecule has 0 radical (unpaired) electrons. The van der Waals surface area contributed by atoms with E-state index in [1.807, 2.05) is 4.72 Å². The van der Waals surface area contributed by atoms with Crippen molar-refractivity contribution >= 4 is 75.9 Å². The highest BCUT2D eigenvalue weighted by molar-refractivity contribution is 7.93. The highest BCUT2D eigenvalue weighted by Gasteiger charge is 2.24. The smallest absolute Gasteiger partial charge is 0.265 e. The zero-order valence-electron chi connectivity index (χ0n) is 24.8. The maximum absolute atomic E-state index is 13.9. The Morgan fingerprint density at radius 3 is 2.08 bits per heavy atom. The standard InChI is InChI=1S/C16H14F2N2O3S2.C13H9ClF2N4O2S/c1-9-5-13(18)15(7-12(9)17)20-25(22,23)16-8-19-14-6-10(24(2)21)3-4-11(14)16;1-6-4-8(15)13(19-11(6)16)20-23(21,22)9-5-17-12-7(9)2-3-10(14)18-12/h3-8,19-20H,1-2H3;2-5H,1H3,(H,17,18)(H,19,20). The van der Waals surface area contributed by atoms with Crippen LogP contribution in [0.2, 0.25) is 5.15 Å².